The summed E-state index contributed by atoms with van der Waals surface area (Å²) in [6, 6.07) is 13.1. The Balaban J connectivity index is 2.08. The van der Waals surface area contributed by atoms with E-state index in [1.54, 1.807) is 48.5 Å². The number of methoxy groups -OCH3 is 2. The minimum absolute atomic E-state index is 0.401. The summed E-state index contributed by atoms with van der Waals surface area (Å²) in [5, 5.41) is 8.11. The van der Waals surface area contributed by atoms with Crippen LogP contribution in [-0.2, 0) is 9.47 Å². The van der Waals surface area contributed by atoms with E-state index >= 15 is 0 Å². The maximum atomic E-state index is 11.3. The molecule has 22 heavy (non-hydrogen) atoms. The molecular weight excluding hydrogens is 284 g/mol. The highest BCUT2D eigenvalue weighted by molar-refractivity contribution is 5.90. The van der Waals surface area contributed by atoms with Gasteiger partial charge in [-0.15, -0.1) is 0 Å². The highest BCUT2D eigenvalue weighted by atomic mass is 16.5. The fraction of sp³-hybridized carbons (Fsp3) is 0.125. The molecule has 0 amide bonds. The summed E-state index contributed by atoms with van der Waals surface area (Å²) in [6.45, 7) is 0. The van der Waals surface area contributed by atoms with Crippen molar-refractivity contribution in [3.05, 3.63) is 59.7 Å². The molecule has 0 atom stereocenters. The number of hydrogen-bond acceptors (Lipinski definition) is 6. The van der Waals surface area contributed by atoms with Crippen LogP contribution in [0.4, 0.5) is 11.4 Å². The Hall–Kier alpha value is -3.02. The monoisotopic (exact) mass is 298 g/mol. The van der Waals surface area contributed by atoms with E-state index in [4.69, 9.17) is 0 Å². The van der Waals surface area contributed by atoms with Crippen molar-refractivity contribution in [2.45, 2.75) is 0 Å². The number of carbonyl (C=O) groups is 2. The van der Waals surface area contributed by atoms with Gasteiger partial charge in [-0.05, 0) is 48.5 Å². The van der Waals surface area contributed by atoms with Crippen LogP contribution in [0.2, 0.25) is 0 Å². The summed E-state index contributed by atoms with van der Waals surface area (Å²) in [6.07, 6.45) is 0. The van der Waals surface area contributed by atoms with Crippen LogP contribution < -0.4 is 0 Å². The van der Waals surface area contributed by atoms with E-state index in [2.05, 4.69) is 19.7 Å². The number of azo groups is 1. The lowest BCUT2D eigenvalue weighted by Gasteiger charge is -1.99. The number of carbonyl (C=O) groups excluding carboxylic acids is 2. The average Bonchev–Trinajstić information content (AvgIpc) is 2.59. The van der Waals surface area contributed by atoms with E-state index in [-0.39, 0.29) is 0 Å². The van der Waals surface area contributed by atoms with Crippen molar-refractivity contribution in [1.82, 2.24) is 0 Å². The number of rotatable bonds is 4. The highest BCUT2D eigenvalue weighted by Gasteiger charge is 2.05. The van der Waals surface area contributed by atoms with Crippen molar-refractivity contribution >= 4 is 23.3 Å². The Morgan fingerprint density at radius 2 is 1.00 bits per heavy atom. The van der Waals surface area contributed by atoms with Crippen LogP contribution in [-0.4, -0.2) is 26.2 Å². The normalized spacial score (nSPS) is 10.5. The molecule has 0 aliphatic heterocycles. The Bertz CT molecular complexity index is 630. The molecule has 0 heterocycles. The fourth-order valence-corrected chi connectivity index (χ4v) is 1.68. The average molecular weight is 298 g/mol. The van der Waals surface area contributed by atoms with Crippen molar-refractivity contribution in [3.8, 4) is 0 Å². The topological polar surface area (TPSA) is 77.3 Å². The first kappa shape index (κ1) is 15.4. The van der Waals surface area contributed by atoms with Crippen molar-refractivity contribution in [1.29, 1.82) is 0 Å². The molecule has 6 heteroatoms. The number of esters is 2. The molecule has 0 aromatic heterocycles. The van der Waals surface area contributed by atoms with Gasteiger partial charge in [0.2, 0.25) is 0 Å². The van der Waals surface area contributed by atoms with Crippen LogP contribution in [0.5, 0.6) is 0 Å². The standard InChI is InChI=1S/C16H14N2O4/c1-21-15(19)11-3-7-13(8-4-11)17-18-14-9-5-12(6-10-14)16(20)22-2/h3-10H,1-2H3. The van der Waals surface area contributed by atoms with E-state index in [9.17, 15) is 9.59 Å². The highest BCUT2D eigenvalue weighted by Crippen LogP contribution is 2.19. The van der Waals surface area contributed by atoms with E-state index in [1.807, 2.05) is 0 Å². The van der Waals surface area contributed by atoms with Gasteiger partial charge in [-0.3, -0.25) is 0 Å². The van der Waals surface area contributed by atoms with E-state index in [0.29, 0.717) is 22.5 Å². The summed E-state index contributed by atoms with van der Waals surface area (Å²) >= 11 is 0. The Labute approximate surface area is 127 Å². The van der Waals surface area contributed by atoms with E-state index < -0.39 is 11.9 Å². The molecule has 0 unspecified atom stereocenters. The van der Waals surface area contributed by atoms with Crippen LogP contribution in [0, 0.1) is 0 Å². The summed E-state index contributed by atoms with van der Waals surface area (Å²) in [5.41, 5.74) is 2.10. The molecule has 6 nitrogen and oxygen atoms in total. The van der Waals surface area contributed by atoms with Gasteiger partial charge < -0.3 is 9.47 Å². The Morgan fingerprint density at radius 1 is 0.682 bits per heavy atom. The third kappa shape index (κ3) is 3.76. The van der Waals surface area contributed by atoms with Crippen LogP contribution in [0.15, 0.2) is 58.8 Å². The maximum Gasteiger partial charge on any atom is 0.337 e. The molecular formula is C16H14N2O4. The predicted molar refractivity (Wildman–Crippen MR) is 79.7 cm³/mol. The number of hydrogen-bond donors (Lipinski definition) is 0. The quantitative estimate of drug-likeness (QED) is 0.637. The molecule has 2 aromatic carbocycles. The van der Waals surface area contributed by atoms with Crippen molar-refractivity contribution < 1.29 is 19.1 Å². The lowest BCUT2D eigenvalue weighted by Crippen LogP contribution is -1.99. The van der Waals surface area contributed by atoms with Gasteiger partial charge in [0.05, 0.1) is 36.7 Å². The molecule has 0 N–H and O–H groups in total. The molecule has 0 radical (unpaired) electrons. The first-order valence-electron chi connectivity index (χ1n) is 6.42. The van der Waals surface area contributed by atoms with Crippen molar-refractivity contribution in [3.63, 3.8) is 0 Å². The zero-order chi connectivity index (χ0) is 15.9. The first-order chi connectivity index (χ1) is 10.6. The smallest absolute Gasteiger partial charge is 0.337 e. The van der Waals surface area contributed by atoms with Gasteiger partial charge in [0.1, 0.15) is 0 Å². The molecule has 2 aromatic rings. The molecule has 0 aliphatic rings. The molecule has 0 bridgehead atoms. The zero-order valence-electron chi connectivity index (χ0n) is 12.1. The summed E-state index contributed by atoms with van der Waals surface area (Å²) in [5.74, 6) is -0.802. The van der Waals surface area contributed by atoms with Gasteiger partial charge in [0, 0.05) is 0 Å². The molecule has 0 fully saturated rings. The zero-order valence-corrected chi connectivity index (χ0v) is 12.1. The summed E-state index contributed by atoms with van der Waals surface area (Å²) < 4.78 is 9.23. The molecule has 112 valence electrons. The predicted octanol–water partition coefficient (Wildman–Crippen LogP) is 3.68. The van der Waals surface area contributed by atoms with Crippen LogP contribution in [0.25, 0.3) is 0 Å². The Kier molecular flexibility index (Phi) is 4.98. The molecule has 2 rings (SSSR count). The van der Waals surface area contributed by atoms with Gasteiger partial charge in [-0.2, -0.15) is 10.2 Å². The third-order valence-corrected chi connectivity index (χ3v) is 2.86. The maximum absolute atomic E-state index is 11.3. The molecule has 0 spiro atoms. The van der Waals surface area contributed by atoms with Crippen molar-refractivity contribution in [2.75, 3.05) is 14.2 Å². The number of ether oxygens (including phenoxy) is 2. The first-order valence-corrected chi connectivity index (χ1v) is 6.42. The van der Waals surface area contributed by atoms with E-state index in [1.165, 1.54) is 14.2 Å². The second-order valence-electron chi connectivity index (χ2n) is 4.28. The lowest BCUT2D eigenvalue weighted by atomic mass is 10.2. The second kappa shape index (κ2) is 7.12. The molecule has 0 aliphatic carbocycles. The number of benzene rings is 2. The van der Waals surface area contributed by atoms with Gasteiger partial charge in [-0.25, -0.2) is 9.59 Å². The SMILES string of the molecule is COC(=O)c1ccc(N=Nc2ccc(C(=O)OC)cc2)cc1. The second-order valence-corrected chi connectivity index (χ2v) is 4.28. The number of nitrogens with zero attached hydrogens (tertiary/aromatic N) is 2. The summed E-state index contributed by atoms with van der Waals surface area (Å²) in [7, 11) is 2.65. The van der Waals surface area contributed by atoms with Gasteiger partial charge in [-0.1, -0.05) is 0 Å². The van der Waals surface area contributed by atoms with Gasteiger partial charge in [0.25, 0.3) is 0 Å². The summed E-state index contributed by atoms with van der Waals surface area (Å²) in [4.78, 5) is 22.6. The lowest BCUT2D eigenvalue weighted by molar-refractivity contribution is 0.0592. The van der Waals surface area contributed by atoms with Crippen molar-refractivity contribution in [2.24, 2.45) is 10.2 Å². The van der Waals surface area contributed by atoms with Crippen LogP contribution in [0.1, 0.15) is 20.7 Å². The van der Waals surface area contributed by atoms with Gasteiger partial charge in [0.15, 0.2) is 0 Å². The molecule has 0 saturated heterocycles. The Morgan fingerprint density at radius 3 is 1.27 bits per heavy atom. The van der Waals surface area contributed by atoms with E-state index in [0.717, 1.165) is 0 Å². The minimum Gasteiger partial charge on any atom is -0.465 e. The van der Waals surface area contributed by atoms with Gasteiger partial charge >= 0.3 is 11.9 Å². The minimum atomic E-state index is -0.401. The van der Waals surface area contributed by atoms with Crippen LogP contribution in [0.3, 0.4) is 0 Å². The van der Waals surface area contributed by atoms with Crippen LogP contribution >= 0.6 is 0 Å². The third-order valence-electron chi connectivity index (χ3n) is 2.86. The fourth-order valence-electron chi connectivity index (χ4n) is 1.68. The largest absolute Gasteiger partial charge is 0.465 e. The molecule has 0 saturated carbocycles.